The maximum absolute atomic E-state index is 6.20. The molecule has 3 rings (SSSR count). The van der Waals surface area contributed by atoms with Crippen LogP contribution in [0, 0.1) is 0 Å². The number of rotatable bonds is 6. The topological polar surface area (TPSA) is 43.4 Å². The molecule has 0 unspecified atom stereocenters. The van der Waals surface area contributed by atoms with Crippen LogP contribution in [-0.2, 0) is 32.7 Å². The van der Waals surface area contributed by atoms with Crippen molar-refractivity contribution in [2.45, 2.75) is 43.3 Å². The summed E-state index contributed by atoms with van der Waals surface area (Å²) in [6.07, 6.45) is 10.9. The number of hydrogen-bond acceptors (Lipinski definition) is 2. The van der Waals surface area contributed by atoms with Gasteiger partial charge in [0.15, 0.2) is 0 Å². The maximum Gasteiger partial charge on any atom is 0.0436 e. The van der Waals surface area contributed by atoms with Crippen LogP contribution >= 0.6 is 0 Å². The van der Waals surface area contributed by atoms with Crippen molar-refractivity contribution in [3.8, 4) is 0 Å². The van der Waals surface area contributed by atoms with Gasteiger partial charge >= 0.3 is 0 Å². The Kier molecular flexibility index (Phi) is 5.16. The Morgan fingerprint density at radius 1 is 1.32 bits per heavy atom. The van der Waals surface area contributed by atoms with Crippen LogP contribution < -0.4 is 5.73 Å². The van der Waals surface area contributed by atoms with E-state index in [1.54, 1.807) is 0 Å². The molecule has 1 radical (unpaired) electrons. The van der Waals surface area contributed by atoms with E-state index in [9.17, 15) is 0 Å². The first kappa shape index (κ1) is 18.0. The second kappa shape index (κ2) is 6.29. The van der Waals surface area contributed by atoms with Crippen LogP contribution in [0.15, 0.2) is 60.8 Å². The van der Waals surface area contributed by atoms with E-state index < -0.39 is 0 Å². The van der Waals surface area contributed by atoms with Gasteiger partial charge in [0, 0.05) is 44.3 Å². The Morgan fingerprint density at radius 3 is 2.36 bits per heavy atom. The van der Waals surface area contributed by atoms with Gasteiger partial charge in [-0.25, -0.2) is 0 Å². The molecular formula is C18H24N3Y-. The Balaban J connectivity index is 0.00000176. The minimum atomic E-state index is -0.00140. The summed E-state index contributed by atoms with van der Waals surface area (Å²) >= 11 is 0. The van der Waals surface area contributed by atoms with Crippen LogP contribution in [0.2, 0.25) is 0 Å². The smallest absolute Gasteiger partial charge is 0.0436 e. The van der Waals surface area contributed by atoms with E-state index in [1.165, 1.54) is 11.1 Å². The summed E-state index contributed by atoms with van der Waals surface area (Å²) in [6, 6.07) is 0.0894. The molecule has 3 aliphatic rings. The zero-order valence-electron chi connectivity index (χ0n) is 13.4. The van der Waals surface area contributed by atoms with Crippen LogP contribution in [0.3, 0.4) is 0 Å². The molecule has 0 bridgehead atoms. The summed E-state index contributed by atoms with van der Waals surface area (Å²) in [5.74, 6) is 0. The minimum absolute atomic E-state index is 0. The van der Waals surface area contributed by atoms with E-state index in [0.29, 0.717) is 0 Å². The minimum Gasteiger partial charge on any atom is -0.587 e. The molecule has 0 amide bonds. The summed E-state index contributed by atoms with van der Waals surface area (Å²) in [5, 5.41) is 2.20. The van der Waals surface area contributed by atoms with E-state index in [4.69, 9.17) is 11.2 Å². The molecule has 2 N–H and O–H groups in total. The molecule has 2 aliphatic carbocycles. The number of nitrogens with two attached hydrogens (primary N) is 1. The molecule has 2 fully saturated rings. The molecule has 2 saturated carbocycles. The first-order chi connectivity index (χ1) is 10.0. The average molecular weight is 371 g/mol. The summed E-state index contributed by atoms with van der Waals surface area (Å²) in [4.78, 5) is 0. The van der Waals surface area contributed by atoms with Crippen LogP contribution in [0.5, 0.6) is 0 Å². The summed E-state index contributed by atoms with van der Waals surface area (Å²) in [7, 11) is 0. The summed E-state index contributed by atoms with van der Waals surface area (Å²) < 4.78 is 0. The largest absolute Gasteiger partial charge is 0.587 e. The van der Waals surface area contributed by atoms with Gasteiger partial charge in [0.05, 0.1) is 0 Å². The number of allylic oxidation sites excluding steroid dienone is 2. The summed E-state index contributed by atoms with van der Waals surface area (Å²) in [5.41, 5.74) is 14.8. The van der Waals surface area contributed by atoms with E-state index >= 15 is 0 Å². The van der Waals surface area contributed by atoms with Crippen molar-refractivity contribution in [3.63, 3.8) is 0 Å². The Bertz CT molecular complexity index is 567. The number of fused-ring (bicyclic) bond motifs is 1. The standard InChI is InChI=1S/C18H24N3.Y/c1-5-13(6-2)16-15(8-4)14(7-3)9-10-21(16)20-18-11-17(18,19)12-18;/h5-8,16H,1,3-4,9-12,19H2,2H3;/q-1;/b13-6+;/t16-,17?,18?;/m0./s1. The molecule has 1 aliphatic heterocycles. The Morgan fingerprint density at radius 2 is 1.95 bits per heavy atom. The zero-order chi connectivity index (χ0) is 15.3. The van der Waals surface area contributed by atoms with Crippen LogP contribution in [0.25, 0.3) is 5.43 Å². The molecule has 0 aromatic rings. The predicted octanol–water partition coefficient (Wildman–Crippen LogP) is 3.39. The SMILES string of the molecule is C=CC1=C(C=C)[C@H](/C(C=C)=C/C)N([N-]C23CC2(N)C3)CC1.[Y]. The van der Waals surface area contributed by atoms with Crippen molar-refractivity contribution in [2.75, 3.05) is 6.54 Å². The van der Waals surface area contributed by atoms with Gasteiger partial charge in [-0.2, -0.15) is 0 Å². The van der Waals surface area contributed by atoms with Crippen LogP contribution in [0.4, 0.5) is 0 Å². The molecule has 3 nitrogen and oxygen atoms in total. The fourth-order valence-electron chi connectivity index (χ4n) is 3.47. The van der Waals surface area contributed by atoms with Crippen LogP contribution in [0.1, 0.15) is 26.2 Å². The van der Waals surface area contributed by atoms with Gasteiger partial charge in [-0.05, 0) is 49.5 Å². The van der Waals surface area contributed by atoms with Crippen LogP contribution in [-0.4, -0.2) is 28.7 Å². The second-order valence-corrected chi connectivity index (χ2v) is 6.34. The van der Waals surface area contributed by atoms with Gasteiger partial charge in [-0.3, -0.25) is 0 Å². The molecule has 0 aromatic heterocycles. The van der Waals surface area contributed by atoms with Crippen molar-refractivity contribution < 1.29 is 32.7 Å². The summed E-state index contributed by atoms with van der Waals surface area (Å²) in [6.45, 7) is 14.8. The first-order valence-corrected chi connectivity index (χ1v) is 7.59. The normalized spacial score (nSPS) is 37.0. The van der Waals surface area contributed by atoms with Gasteiger partial charge < -0.3 is 16.2 Å². The first-order valence-electron chi connectivity index (χ1n) is 7.59. The van der Waals surface area contributed by atoms with Crippen molar-refractivity contribution in [1.29, 1.82) is 0 Å². The maximum atomic E-state index is 6.20. The van der Waals surface area contributed by atoms with Gasteiger partial charge in [0.2, 0.25) is 0 Å². The molecular weight excluding hydrogens is 347 g/mol. The second-order valence-electron chi connectivity index (χ2n) is 6.34. The Hall–Kier alpha value is -0.316. The molecule has 1 atom stereocenters. The van der Waals surface area contributed by atoms with Gasteiger partial charge in [-0.15, -0.1) is 0 Å². The zero-order valence-corrected chi connectivity index (χ0v) is 16.2. The van der Waals surface area contributed by atoms with E-state index in [0.717, 1.165) is 31.4 Å². The van der Waals surface area contributed by atoms with E-state index in [2.05, 4.69) is 30.8 Å². The quantitative estimate of drug-likeness (QED) is 0.728. The van der Waals surface area contributed by atoms with Gasteiger partial charge in [0.25, 0.3) is 0 Å². The molecule has 0 saturated heterocycles. The molecule has 4 heteroatoms. The van der Waals surface area contributed by atoms with Crippen molar-refractivity contribution in [1.82, 2.24) is 5.01 Å². The van der Waals surface area contributed by atoms with Crippen molar-refractivity contribution in [2.24, 2.45) is 5.73 Å². The van der Waals surface area contributed by atoms with Gasteiger partial charge in [0.1, 0.15) is 0 Å². The van der Waals surface area contributed by atoms with Crippen molar-refractivity contribution >= 4 is 0 Å². The predicted molar refractivity (Wildman–Crippen MR) is 88.7 cm³/mol. The third-order valence-corrected chi connectivity index (χ3v) is 5.14. The monoisotopic (exact) mass is 371 g/mol. The fourth-order valence-corrected chi connectivity index (χ4v) is 3.47. The number of nitrogens with zero attached hydrogens (tertiary/aromatic N) is 2. The fraction of sp³-hybridized carbons (Fsp3) is 0.444. The molecule has 22 heavy (non-hydrogen) atoms. The Labute approximate surface area is 158 Å². The average Bonchev–Trinajstić information content (AvgIpc) is 3.24. The molecule has 1 heterocycles. The van der Waals surface area contributed by atoms with Crippen molar-refractivity contribution in [3.05, 3.63) is 66.2 Å². The third-order valence-electron chi connectivity index (χ3n) is 5.14. The molecule has 0 spiro atoms. The third kappa shape index (κ3) is 2.67. The molecule has 0 aromatic carbocycles. The van der Waals surface area contributed by atoms with Gasteiger partial charge in [-0.1, -0.05) is 49.6 Å². The van der Waals surface area contributed by atoms with E-state index in [-0.39, 0.29) is 49.8 Å². The number of hydrogen-bond donors (Lipinski definition) is 1. The molecule has 115 valence electrons. The van der Waals surface area contributed by atoms with E-state index in [1.807, 2.05) is 25.2 Å².